The van der Waals surface area contributed by atoms with Gasteiger partial charge in [-0.1, -0.05) is 12.1 Å². The molecular formula is C15H17F3N4O2. The van der Waals surface area contributed by atoms with Gasteiger partial charge in [-0.05, 0) is 18.6 Å². The maximum absolute atomic E-state index is 12.5. The van der Waals surface area contributed by atoms with Crippen LogP contribution < -0.4 is 0 Å². The molecule has 6 nitrogen and oxygen atoms in total. The number of nitrogens with zero attached hydrogens (tertiary/aromatic N) is 4. The summed E-state index contributed by atoms with van der Waals surface area (Å²) >= 11 is 0. The number of aromatic nitrogens is 3. The van der Waals surface area contributed by atoms with Gasteiger partial charge in [0, 0.05) is 37.3 Å². The Morgan fingerprint density at radius 1 is 1.38 bits per heavy atom. The molecule has 1 amide bonds. The number of alkyl halides is 3. The zero-order valence-electron chi connectivity index (χ0n) is 13.1. The van der Waals surface area contributed by atoms with Crippen LogP contribution in [-0.4, -0.2) is 45.2 Å². The van der Waals surface area contributed by atoms with E-state index in [9.17, 15) is 18.0 Å². The second kappa shape index (κ2) is 7.89. The molecule has 2 aromatic heterocycles. The Morgan fingerprint density at radius 2 is 2.17 bits per heavy atom. The summed E-state index contributed by atoms with van der Waals surface area (Å²) in [5, 5.41) is 3.77. The highest BCUT2D eigenvalue weighted by molar-refractivity contribution is 5.76. The van der Waals surface area contributed by atoms with Gasteiger partial charge in [-0.2, -0.15) is 18.2 Å². The fourth-order valence-electron chi connectivity index (χ4n) is 2.12. The average Bonchev–Trinajstić information content (AvgIpc) is 3.01. The predicted octanol–water partition coefficient (Wildman–Crippen LogP) is 2.87. The van der Waals surface area contributed by atoms with Crippen LogP contribution in [0.1, 0.15) is 25.7 Å². The smallest absolute Gasteiger partial charge is 0.339 e. The van der Waals surface area contributed by atoms with Gasteiger partial charge in [0.15, 0.2) is 0 Å². The fraction of sp³-hybridized carbons (Fsp3) is 0.467. The van der Waals surface area contributed by atoms with Crippen molar-refractivity contribution in [3.63, 3.8) is 0 Å². The van der Waals surface area contributed by atoms with Gasteiger partial charge in [0.25, 0.3) is 0 Å². The van der Waals surface area contributed by atoms with Gasteiger partial charge in [0.1, 0.15) is 6.54 Å². The topological polar surface area (TPSA) is 72.1 Å². The van der Waals surface area contributed by atoms with Crippen molar-refractivity contribution in [2.75, 3.05) is 13.1 Å². The summed E-state index contributed by atoms with van der Waals surface area (Å²) in [5.41, 5.74) is 0.656. The molecule has 0 bridgehead atoms. The van der Waals surface area contributed by atoms with Crippen molar-refractivity contribution in [2.45, 2.75) is 32.4 Å². The Bertz CT molecular complexity index is 658. The van der Waals surface area contributed by atoms with Gasteiger partial charge < -0.3 is 9.42 Å². The van der Waals surface area contributed by atoms with E-state index in [-0.39, 0.29) is 25.3 Å². The lowest BCUT2D eigenvalue weighted by Crippen LogP contribution is -2.39. The summed E-state index contributed by atoms with van der Waals surface area (Å²) in [7, 11) is 0. The molecule has 130 valence electrons. The van der Waals surface area contributed by atoms with Crippen LogP contribution in [-0.2, 0) is 11.2 Å². The van der Waals surface area contributed by atoms with Gasteiger partial charge in [0.05, 0.1) is 0 Å². The molecule has 2 aromatic rings. The lowest BCUT2D eigenvalue weighted by Gasteiger charge is -2.23. The largest absolute Gasteiger partial charge is 0.406 e. The zero-order chi connectivity index (χ0) is 17.6. The van der Waals surface area contributed by atoms with E-state index >= 15 is 0 Å². The summed E-state index contributed by atoms with van der Waals surface area (Å²) in [6.07, 6.45) is -0.830. The van der Waals surface area contributed by atoms with Crippen LogP contribution in [0.3, 0.4) is 0 Å². The van der Waals surface area contributed by atoms with Crippen molar-refractivity contribution in [1.82, 2.24) is 20.0 Å². The van der Waals surface area contributed by atoms with E-state index < -0.39 is 18.6 Å². The van der Waals surface area contributed by atoms with Gasteiger partial charge in [0.2, 0.25) is 17.6 Å². The molecule has 0 spiro atoms. The molecule has 0 atom stereocenters. The lowest BCUT2D eigenvalue weighted by molar-refractivity contribution is -0.161. The summed E-state index contributed by atoms with van der Waals surface area (Å²) < 4.78 is 42.5. The molecule has 0 aliphatic carbocycles. The first kappa shape index (κ1) is 17.9. The SMILES string of the molecule is CCCN(CC(F)(F)F)C(=O)CCc1nc(-c2cccnc2)no1. The minimum Gasteiger partial charge on any atom is -0.339 e. The quantitative estimate of drug-likeness (QED) is 0.774. The third-order valence-corrected chi connectivity index (χ3v) is 3.16. The molecule has 0 unspecified atom stereocenters. The third kappa shape index (κ3) is 5.32. The van der Waals surface area contributed by atoms with Crippen LogP contribution in [0.25, 0.3) is 11.4 Å². The summed E-state index contributed by atoms with van der Waals surface area (Å²) in [5.74, 6) is -0.0628. The molecule has 2 rings (SSSR count). The Morgan fingerprint density at radius 3 is 2.79 bits per heavy atom. The van der Waals surface area contributed by atoms with Crippen molar-refractivity contribution in [3.8, 4) is 11.4 Å². The molecule has 0 radical (unpaired) electrons. The van der Waals surface area contributed by atoms with Crippen LogP contribution >= 0.6 is 0 Å². The van der Waals surface area contributed by atoms with Crippen molar-refractivity contribution in [3.05, 3.63) is 30.4 Å². The highest BCUT2D eigenvalue weighted by Gasteiger charge is 2.32. The van der Waals surface area contributed by atoms with Crippen LogP contribution in [0.4, 0.5) is 13.2 Å². The Labute approximate surface area is 136 Å². The monoisotopic (exact) mass is 342 g/mol. The first-order valence-corrected chi connectivity index (χ1v) is 7.46. The second-order valence-electron chi connectivity index (χ2n) is 5.18. The van der Waals surface area contributed by atoms with Crippen molar-refractivity contribution in [2.24, 2.45) is 0 Å². The van der Waals surface area contributed by atoms with Gasteiger partial charge in [-0.25, -0.2) is 0 Å². The molecule has 0 aliphatic heterocycles. The number of rotatable bonds is 7. The normalized spacial score (nSPS) is 11.5. The number of aryl methyl sites for hydroxylation is 1. The Balaban J connectivity index is 1.94. The average molecular weight is 342 g/mol. The predicted molar refractivity (Wildman–Crippen MR) is 78.8 cm³/mol. The molecule has 0 aliphatic rings. The maximum Gasteiger partial charge on any atom is 0.406 e. The molecular weight excluding hydrogens is 325 g/mol. The van der Waals surface area contributed by atoms with E-state index in [1.165, 1.54) is 0 Å². The first-order valence-electron chi connectivity index (χ1n) is 7.46. The number of pyridine rings is 1. The van der Waals surface area contributed by atoms with E-state index in [0.29, 0.717) is 17.8 Å². The number of carbonyl (C=O) groups is 1. The molecule has 24 heavy (non-hydrogen) atoms. The third-order valence-electron chi connectivity index (χ3n) is 3.16. The Hall–Kier alpha value is -2.45. The first-order chi connectivity index (χ1) is 11.4. The highest BCUT2D eigenvalue weighted by atomic mass is 19.4. The fourth-order valence-corrected chi connectivity index (χ4v) is 2.12. The highest BCUT2D eigenvalue weighted by Crippen LogP contribution is 2.18. The van der Waals surface area contributed by atoms with Crippen molar-refractivity contribution < 1.29 is 22.5 Å². The summed E-state index contributed by atoms with van der Waals surface area (Å²) in [6, 6.07) is 3.47. The van der Waals surface area contributed by atoms with Gasteiger partial charge >= 0.3 is 6.18 Å². The lowest BCUT2D eigenvalue weighted by atomic mass is 10.2. The number of hydrogen-bond donors (Lipinski definition) is 0. The minimum absolute atomic E-state index is 0.0586. The van der Waals surface area contributed by atoms with Gasteiger partial charge in [-0.3, -0.25) is 9.78 Å². The molecule has 0 saturated carbocycles. The van der Waals surface area contributed by atoms with E-state index in [1.807, 2.05) is 0 Å². The molecule has 0 fully saturated rings. The van der Waals surface area contributed by atoms with Crippen LogP contribution in [0, 0.1) is 0 Å². The standard InChI is InChI=1S/C15H17F3N4O2/c1-2-8-22(10-15(16,17)18)13(23)6-5-12-20-14(21-24-12)11-4-3-7-19-9-11/h3-4,7,9H,2,5-6,8,10H2,1H3. The van der Waals surface area contributed by atoms with E-state index in [4.69, 9.17) is 4.52 Å². The molecule has 0 saturated heterocycles. The van der Waals surface area contributed by atoms with E-state index in [1.54, 1.807) is 31.5 Å². The van der Waals surface area contributed by atoms with Crippen LogP contribution in [0.2, 0.25) is 0 Å². The summed E-state index contributed by atoms with van der Waals surface area (Å²) in [6.45, 7) is 0.530. The number of carbonyl (C=O) groups excluding carboxylic acids is 1. The molecule has 2 heterocycles. The van der Waals surface area contributed by atoms with E-state index in [2.05, 4.69) is 15.1 Å². The van der Waals surface area contributed by atoms with Crippen LogP contribution in [0.15, 0.2) is 29.0 Å². The zero-order valence-corrected chi connectivity index (χ0v) is 13.1. The minimum atomic E-state index is -4.41. The van der Waals surface area contributed by atoms with Gasteiger partial charge in [-0.15, -0.1) is 0 Å². The number of hydrogen-bond acceptors (Lipinski definition) is 5. The maximum atomic E-state index is 12.5. The summed E-state index contributed by atoms with van der Waals surface area (Å²) in [4.78, 5) is 20.8. The second-order valence-corrected chi connectivity index (χ2v) is 5.18. The van der Waals surface area contributed by atoms with Crippen molar-refractivity contribution >= 4 is 5.91 Å². The molecule has 9 heteroatoms. The Kier molecular flexibility index (Phi) is 5.88. The van der Waals surface area contributed by atoms with Crippen LogP contribution in [0.5, 0.6) is 0 Å². The van der Waals surface area contributed by atoms with Crippen molar-refractivity contribution in [1.29, 1.82) is 0 Å². The molecule has 0 aromatic carbocycles. The number of amides is 1. The number of halogens is 3. The van der Waals surface area contributed by atoms with E-state index in [0.717, 1.165) is 4.90 Å². The molecule has 0 N–H and O–H groups in total.